The molecular weight excluding hydrogens is 392 g/mol. The van der Waals surface area contributed by atoms with E-state index in [0.717, 1.165) is 33.5 Å². The highest BCUT2D eigenvalue weighted by molar-refractivity contribution is 5.86. The predicted molar refractivity (Wildman–Crippen MR) is 120 cm³/mol. The second-order valence-electron chi connectivity index (χ2n) is 7.46. The maximum atomic E-state index is 12.4. The Morgan fingerprint density at radius 2 is 1.90 bits per heavy atom. The highest BCUT2D eigenvalue weighted by Gasteiger charge is 2.15. The molecule has 1 amide bonds. The molecule has 0 aliphatic carbocycles. The van der Waals surface area contributed by atoms with Crippen LogP contribution in [0, 0.1) is 20.8 Å². The largest absolute Gasteiger partial charge is 0.481 e. The minimum absolute atomic E-state index is 0.328. The molecule has 1 N–H and O–H groups in total. The Bertz CT molecular complexity index is 1270. The van der Waals surface area contributed by atoms with Crippen LogP contribution in [-0.2, 0) is 4.79 Å². The van der Waals surface area contributed by atoms with E-state index < -0.39 is 6.10 Å². The Kier molecular flexibility index (Phi) is 5.58. The summed E-state index contributed by atoms with van der Waals surface area (Å²) < 4.78 is 12.9. The lowest BCUT2D eigenvalue weighted by Crippen LogP contribution is -2.33. The van der Waals surface area contributed by atoms with Gasteiger partial charge < -0.3 is 9.26 Å². The quantitative estimate of drug-likeness (QED) is 0.372. The molecule has 4 aromatic rings. The van der Waals surface area contributed by atoms with Gasteiger partial charge in [-0.2, -0.15) is 5.10 Å². The molecule has 4 rings (SSSR count). The van der Waals surface area contributed by atoms with E-state index >= 15 is 0 Å². The van der Waals surface area contributed by atoms with E-state index in [1.807, 2.05) is 79.9 Å². The van der Waals surface area contributed by atoms with E-state index in [1.54, 1.807) is 13.1 Å². The molecule has 0 aliphatic heterocycles. The van der Waals surface area contributed by atoms with E-state index in [-0.39, 0.29) is 5.91 Å². The standard InChI is InChI=1S/C24H24N4O3/c1-15-11-21(17(3)28(15)23-12-16(2)31-27-23)14-25-26-24(29)18(4)30-22-10-9-19-7-5-6-8-20(19)13-22/h5-14,18H,1-4H3,(H,26,29)/b25-14-/t18-/m0/s1. The minimum Gasteiger partial charge on any atom is -0.481 e. The van der Waals surface area contributed by atoms with Gasteiger partial charge in [0.05, 0.1) is 6.21 Å². The van der Waals surface area contributed by atoms with Gasteiger partial charge in [-0.3, -0.25) is 9.36 Å². The fraction of sp³-hybridized carbons (Fsp3) is 0.208. The molecule has 0 fully saturated rings. The van der Waals surface area contributed by atoms with Crippen LogP contribution in [0.1, 0.15) is 29.6 Å². The van der Waals surface area contributed by atoms with Crippen LogP contribution >= 0.6 is 0 Å². The average molecular weight is 416 g/mol. The number of nitrogens with one attached hydrogen (secondary N) is 1. The first-order valence-electron chi connectivity index (χ1n) is 10.0. The van der Waals surface area contributed by atoms with Crippen LogP contribution in [0.2, 0.25) is 0 Å². The van der Waals surface area contributed by atoms with E-state index in [9.17, 15) is 4.79 Å². The minimum atomic E-state index is -0.691. The van der Waals surface area contributed by atoms with Crippen molar-refractivity contribution in [1.82, 2.24) is 15.1 Å². The van der Waals surface area contributed by atoms with Crippen LogP contribution in [-0.4, -0.2) is 27.9 Å². The molecule has 7 heteroatoms. The summed E-state index contributed by atoms with van der Waals surface area (Å²) in [5, 5.41) is 10.4. The zero-order chi connectivity index (χ0) is 22.0. The first kappa shape index (κ1) is 20.4. The third-order valence-corrected chi connectivity index (χ3v) is 5.10. The van der Waals surface area contributed by atoms with Crippen molar-refractivity contribution in [1.29, 1.82) is 0 Å². The first-order valence-corrected chi connectivity index (χ1v) is 10.0. The van der Waals surface area contributed by atoms with Crippen LogP contribution < -0.4 is 10.2 Å². The van der Waals surface area contributed by atoms with Gasteiger partial charge in [0.15, 0.2) is 11.9 Å². The summed E-state index contributed by atoms with van der Waals surface area (Å²) in [6.45, 7) is 7.49. The van der Waals surface area contributed by atoms with Crippen LogP contribution in [0.5, 0.6) is 5.75 Å². The lowest BCUT2D eigenvalue weighted by atomic mass is 10.1. The SMILES string of the molecule is Cc1cc(-n2c(C)cc(/C=N\NC(=O)[C@H](C)Oc3ccc4ccccc4c3)c2C)no1. The van der Waals surface area contributed by atoms with Crippen molar-refractivity contribution in [2.24, 2.45) is 5.10 Å². The number of amides is 1. The van der Waals surface area contributed by atoms with E-state index in [0.29, 0.717) is 11.6 Å². The molecule has 2 aromatic carbocycles. The Morgan fingerprint density at radius 3 is 2.65 bits per heavy atom. The molecule has 158 valence electrons. The monoisotopic (exact) mass is 416 g/mol. The summed E-state index contributed by atoms with van der Waals surface area (Å²) in [7, 11) is 0. The molecule has 7 nitrogen and oxygen atoms in total. The number of carbonyl (C=O) groups excluding carboxylic acids is 1. The molecule has 0 saturated carbocycles. The van der Waals surface area contributed by atoms with Gasteiger partial charge in [-0.25, -0.2) is 5.43 Å². The maximum absolute atomic E-state index is 12.4. The molecule has 1 atom stereocenters. The van der Waals surface area contributed by atoms with Crippen molar-refractivity contribution in [2.75, 3.05) is 0 Å². The number of hydrazone groups is 1. The van der Waals surface area contributed by atoms with Gasteiger partial charge in [-0.15, -0.1) is 0 Å². The van der Waals surface area contributed by atoms with Crippen molar-refractivity contribution in [3.8, 4) is 11.6 Å². The average Bonchev–Trinajstić information content (AvgIpc) is 3.29. The normalized spacial score (nSPS) is 12.4. The number of benzene rings is 2. The highest BCUT2D eigenvalue weighted by Crippen LogP contribution is 2.22. The van der Waals surface area contributed by atoms with E-state index in [2.05, 4.69) is 15.7 Å². The Balaban J connectivity index is 1.41. The number of hydrogen-bond acceptors (Lipinski definition) is 5. The first-order chi connectivity index (χ1) is 14.9. The molecule has 0 saturated heterocycles. The van der Waals surface area contributed by atoms with Crippen molar-refractivity contribution in [3.63, 3.8) is 0 Å². The molecule has 2 aromatic heterocycles. The van der Waals surface area contributed by atoms with Crippen molar-refractivity contribution < 1.29 is 14.1 Å². The molecular formula is C24H24N4O3. The zero-order valence-corrected chi connectivity index (χ0v) is 17.9. The smallest absolute Gasteiger partial charge is 0.280 e. The summed E-state index contributed by atoms with van der Waals surface area (Å²) in [4.78, 5) is 12.4. The van der Waals surface area contributed by atoms with Gasteiger partial charge in [0.25, 0.3) is 5.91 Å². The van der Waals surface area contributed by atoms with Gasteiger partial charge in [0.1, 0.15) is 11.5 Å². The summed E-state index contributed by atoms with van der Waals surface area (Å²) in [6, 6.07) is 17.6. The van der Waals surface area contributed by atoms with E-state index in [1.165, 1.54) is 0 Å². The lowest BCUT2D eigenvalue weighted by Gasteiger charge is -2.13. The molecule has 2 heterocycles. The molecule has 0 radical (unpaired) electrons. The fourth-order valence-electron chi connectivity index (χ4n) is 3.48. The van der Waals surface area contributed by atoms with Gasteiger partial charge in [-0.05, 0) is 56.7 Å². The van der Waals surface area contributed by atoms with Crippen molar-refractivity contribution >= 4 is 22.9 Å². The number of aromatic nitrogens is 2. The third kappa shape index (κ3) is 4.35. The third-order valence-electron chi connectivity index (χ3n) is 5.10. The number of rotatable bonds is 6. The van der Waals surface area contributed by atoms with Gasteiger partial charge in [0, 0.05) is 23.0 Å². The number of aryl methyl sites for hydroxylation is 2. The van der Waals surface area contributed by atoms with Gasteiger partial charge >= 0.3 is 0 Å². The topological polar surface area (TPSA) is 81.7 Å². The second kappa shape index (κ2) is 8.47. The number of fused-ring (bicyclic) bond motifs is 1. The van der Waals surface area contributed by atoms with Crippen LogP contribution in [0.4, 0.5) is 0 Å². The summed E-state index contributed by atoms with van der Waals surface area (Å²) in [6.07, 6.45) is 0.927. The number of ether oxygens (including phenoxy) is 1. The van der Waals surface area contributed by atoms with E-state index in [4.69, 9.17) is 9.26 Å². The molecule has 0 spiro atoms. The maximum Gasteiger partial charge on any atom is 0.280 e. The summed E-state index contributed by atoms with van der Waals surface area (Å²) in [5.41, 5.74) is 5.37. The Morgan fingerprint density at radius 1 is 1.13 bits per heavy atom. The molecule has 0 unspecified atom stereocenters. The highest BCUT2D eigenvalue weighted by atomic mass is 16.5. The van der Waals surface area contributed by atoms with Crippen LogP contribution in [0.15, 0.2) is 64.2 Å². The van der Waals surface area contributed by atoms with Gasteiger partial charge in [-0.1, -0.05) is 35.5 Å². The summed E-state index contributed by atoms with van der Waals surface area (Å²) >= 11 is 0. The summed E-state index contributed by atoms with van der Waals surface area (Å²) in [5.74, 6) is 1.76. The molecule has 0 aliphatic rings. The predicted octanol–water partition coefficient (Wildman–Crippen LogP) is 4.46. The van der Waals surface area contributed by atoms with Crippen molar-refractivity contribution in [3.05, 3.63) is 77.3 Å². The number of nitrogens with zero attached hydrogens (tertiary/aromatic N) is 3. The number of carbonyl (C=O) groups is 1. The zero-order valence-electron chi connectivity index (χ0n) is 17.9. The fourth-order valence-corrected chi connectivity index (χ4v) is 3.48. The Hall–Kier alpha value is -3.87. The van der Waals surface area contributed by atoms with Crippen LogP contribution in [0.3, 0.4) is 0 Å². The Labute approximate surface area is 180 Å². The lowest BCUT2D eigenvalue weighted by molar-refractivity contribution is -0.127. The second-order valence-corrected chi connectivity index (χ2v) is 7.46. The molecule has 31 heavy (non-hydrogen) atoms. The van der Waals surface area contributed by atoms with Crippen molar-refractivity contribution in [2.45, 2.75) is 33.8 Å². The number of hydrogen-bond donors (Lipinski definition) is 1. The molecule has 0 bridgehead atoms. The van der Waals surface area contributed by atoms with Crippen LogP contribution in [0.25, 0.3) is 16.6 Å². The van der Waals surface area contributed by atoms with Gasteiger partial charge in [0.2, 0.25) is 0 Å².